The van der Waals surface area contributed by atoms with E-state index in [1.54, 1.807) is 37.1 Å². The molecule has 0 aromatic heterocycles. The summed E-state index contributed by atoms with van der Waals surface area (Å²) in [6, 6.07) is 4.97. The molecule has 1 unspecified atom stereocenters. The molecule has 0 spiro atoms. The fraction of sp³-hybridized carbons (Fsp3) is 0.385. The molecule has 2 amide bonds. The minimum absolute atomic E-state index is 0.185. The Balaban J connectivity index is 2.22. The summed E-state index contributed by atoms with van der Waals surface area (Å²) in [5.74, 6) is 0.130. The van der Waals surface area contributed by atoms with Crippen LogP contribution in [0.2, 0.25) is 0 Å². The molecule has 0 bridgehead atoms. The van der Waals surface area contributed by atoms with Crippen LogP contribution in [-0.2, 0) is 16.1 Å². The van der Waals surface area contributed by atoms with Gasteiger partial charge in [0.05, 0.1) is 19.7 Å². The molecule has 0 saturated carbocycles. The van der Waals surface area contributed by atoms with Crippen molar-refractivity contribution in [2.75, 3.05) is 19.4 Å². The summed E-state index contributed by atoms with van der Waals surface area (Å²) in [4.78, 5) is 24.8. The maximum Gasteiger partial charge on any atom is 0.243 e. The summed E-state index contributed by atoms with van der Waals surface area (Å²) in [7, 11) is 1.58. The van der Waals surface area contributed by atoms with Crippen LogP contribution in [0, 0.1) is 0 Å². The van der Waals surface area contributed by atoms with Crippen LogP contribution >= 0.6 is 0 Å². The van der Waals surface area contributed by atoms with Gasteiger partial charge in [0.2, 0.25) is 11.8 Å². The van der Waals surface area contributed by atoms with Crippen molar-refractivity contribution >= 4 is 17.5 Å². The van der Waals surface area contributed by atoms with Crippen LogP contribution in [-0.4, -0.2) is 36.4 Å². The zero-order chi connectivity index (χ0) is 14.0. The Hall–Kier alpha value is -2.08. The van der Waals surface area contributed by atoms with Crippen LogP contribution in [0.25, 0.3) is 0 Å². The fourth-order valence-corrected chi connectivity index (χ4v) is 2.10. The van der Waals surface area contributed by atoms with E-state index in [1.807, 2.05) is 0 Å². The number of ether oxygens (including phenoxy) is 1. The van der Waals surface area contributed by atoms with E-state index >= 15 is 0 Å². The number of imide groups is 1. The smallest absolute Gasteiger partial charge is 0.243 e. The van der Waals surface area contributed by atoms with E-state index < -0.39 is 0 Å². The SMILES string of the molecule is COc1ccc(N)cc1CN1CC(=O)NC(=O)C1C. The van der Waals surface area contributed by atoms with Crippen LogP contribution in [0.3, 0.4) is 0 Å². The average Bonchev–Trinajstić information content (AvgIpc) is 2.35. The Labute approximate surface area is 111 Å². The summed E-state index contributed by atoms with van der Waals surface area (Å²) in [6.45, 7) is 2.39. The predicted molar refractivity (Wildman–Crippen MR) is 70.4 cm³/mol. The van der Waals surface area contributed by atoms with Gasteiger partial charge in [-0.1, -0.05) is 0 Å². The number of hydrogen-bond donors (Lipinski definition) is 2. The molecule has 1 fully saturated rings. The van der Waals surface area contributed by atoms with E-state index in [-0.39, 0.29) is 24.4 Å². The van der Waals surface area contributed by atoms with Gasteiger partial charge in [-0.3, -0.25) is 19.8 Å². The number of amides is 2. The lowest BCUT2D eigenvalue weighted by Gasteiger charge is -2.31. The second-order valence-electron chi connectivity index (χ2n) is 4.56. The summed E-state index contributed by atoms with van der Waals surface area (Å²) in [6.07, 6.45) is 0. The number of hydrogen-bond acceptors (Lipinski definition) is 5. The Morgan fingerprint density at radius 2 is 2.21 bits per heavy atom. The highest BCUT2D eigenvalue weighted by Crippen LogP contribution is 2.23. The van der Waals surface area contributed by atoms with Gasteiger partial charge in [0.25, 0.3) is 0 Å². The highest BCUT2D eigenvalue weighted by atomic mass is 16.5. The van der Waals surface area contributed by atoms with Crippen molar-refractivity contribution in [3.8, 4) is 5.75 Å². The van der Waals surface area contributed by atoms with Crippen LogP contribution in [0.4, 0.5) is 5.69 Å². The number of nitrogens with two attached hydrogens (primary N) is 1. The maximum absolute atomic E-state index is 11.6. The summed E-state index contributed by atoms with van der Waals surface area (Å²) in [5.41, 5.74) is 7.24. The molecule has 102 valence electrons. The number of anilines is 1. The van der Waals surface area contributed by atoms with Gasteiger partial charge in [0, 0.05) is 17.8 Å². The van der Waals surface area contributed by atoms with E-state index in [9.17, 15) is 9.59 Å². The standard InChI is InChI=1S/C13H17N3O3/c1-8-13(18)15-12(17)7-16(8)6-9-5-10(14)3-4-11(9)19-2/h3-5,8H,6-7,14H2,1-2H3,(H,15,17,18). The molecule has 1 aliphatic rings. The van der Waals surface area contributed by atoms with Crippen LogP contribution < -0.4 is 15.8 Å². The lowest BCUT2D eigenvalue weighted by molar-refractivity contribution is -0.139. The monoisotopic (exact) mass is 263 g/mol. The number of nitrogens with one attached hydrogen (secondary N) is 1. The molecule has 1 aromatic rings. The third-order valence-corrected chi connectivity index (χ3v) is 3.21. The molecular formula is C13H17N3O3. The zero-order valence-electron chi connectivity index (χ0n) is 11.0. The number of piperazine rings is 1. The molecule has 1 atom stereocenters. The quantitative estimate of drug-likeness (QED) is 0.598. The van der Waals surface area contributed by atoms with Crippen molar-refractivity contribution < 1.29 is 14.3 Å². The van der Waals surface area contributed by atoms with Crippen molar-refractivity contribution in [1.82, 2.24) is 10.2 Å². The molecule has 19 heavy (non-hydrogen) atoms. The summed E-state index contributed by atoms with van der Waals surface area (Å²) >= 11 is 0. The number of nitrogen functional groups attached to an aromatic ring is 1. The van der Waals surface area contributed by atoms with Gasteiger partial charge in [-0.25, -0.2) is 0 Å². The van der Waals surface area contributed by atoms with Crippen LogP contribution in [0.15, 0.2) is 18.2 Å². The van der Waals surface area contributed by atoms with E-state index in [4.69, 9.17) is 10.5 Å². The highest BCUT2D eigenvalue weighted by molar-refractivity contribution is 6.00. The Morgan fingerprint density at radius 3 is 2.89 bits per heavy atom. The molecule has 1 heterocycles. The van der Waals surface area contributed by atoms with Gasteiger partial charge < -0.3 is 10.5 Å². The van der Waals surface area contributed by atoms with E-state index in [0.717, 1.165) is 5.56 Å². The van der Waals surface area contributed by atoms with Crippen molar-refractivity contribution in [2.24, 2.45) is 0 Å². The molecule has 3 N–H and O–H groups in total. The number of carbonyl (C=O) groups excluding carboxylic acids is 2. The Morgan fingerprint density at radius 1 is 1.47 bits per heavy atom. The van der Waals surface area contributed by atoms with Crippen LogP contribution in [0.5, 0.6) is 5.75 Å². The summed E-state index contributed by atoms with van der Waals surface area (Å²) in [5, 5.41) is 2.31. The molecule has 0 radical (unpaired) electrons. The van der Waals surface area contributed by atoms with Gasteiger partial charge >= 0.3 is 0 Å². The van der Waals surface area contributed by atoms with E-state index in [2.05, 4.69) is 5.32 Å². The molecule has 6 heteroatoms. The first kappa shape index (κ1) is 13.4. The largest absolute Gasteiger partial charge is 0.496 e. The minimum atomic E-state index is -0.358. The van der Waals surface area contributed by atoms with Crippen LogP contribution in [0.1, 0.15) is 12.5 Å². The van der Waals surface area contributed by atoms with E-state index in [1.165, 1.54) is 0 Å². The Kier molecular flexibility index (Phi) is 3.71. The average molecular weight is 263 g/mol. The van der Waals surface area contributed by atoms with Gasteiger partial charge in [0.15, 0.2) is 0 Å². The van der Waals surface area contributed by atoms with E-state index in [0.29, 0.717) is 18.0 Å². The molecule has 6 nitrogen and oxygen atoms in total. The normalized spacial score (nSPS) is 20.2. The summed E-state index contributed by atoms with van der Waals surface area (Å²) < 4.78 is 5.26. The second kappa shape index (κ2) is 5.27. The van der Waals surface area contributed by atoms with Crippen molar-refractivity contribution in [3.63, 3.8) is 0 Å². The lowest BCUT2D eigenvalue weighted by atomic mass is 10.1. The Bertz CT molecular complexity index is 516. The lowest BCUT2D eigenvalue weighted by Crippen LogP contribution is -2.56. The van der Waals surface area contributed by atoms with Gasteiger partial charge in [-0.2, -0.15) is 0 Å². The fourth-order valence-electron chi connectivity index (χ4n) is 2.10. The van der Waals surface area contributed by atoms with Crippen molar-refractivity contribution in [2.45, 2.75) is 19.5 Å². The molecule has 0 aliphatic carbocycles. The van der Waals surface area contributed by atoms with Gasteiger partial charge in [-0.05, 0) is 25.1 Å². The first-order valence-electron chi connectivity index (χ1n) is 6.01. The predicted octanol–water partition coefficient (Wildman–Crippen LogP) is 0.124. The maximum atomic E-state index is 11.6. The molecule has 1 aromatic carbocycles. The molecule has 2 rings (SSSR count). The minimum Gasteiger partial charge on any atom is -0.496 e. The number of nitrogens with zero attached hydrogens (tertiary/aromatic N) is 1. The number of benzene rings is 1. The zero-order valence-corrected chi connectivity index (χ0v) is 11.0. The number of rotatable bonds is 3. The first-order valence-corrected chi connectivity index (χ1v) is 6.01. The van der Waals surface area contributed by atoms with Gasteiger partial charge in [-0.15, -0.1) is 0 Å². The number of carbonyl (C=O) groups is 2. The topological polar surface area (TPSA) is 84.7 Å². The third kappa shape index (κ3) is 2.85. The van der Waals surface area contributed by atoms with Crippen molar-refractivity contribution in [3.05, 3.63) is 23.8 Å². The molecule has 1 aliphatic heterocycles. The van der Waals surface area contributed by atoms with Gasteiger partial charge in [0.1, 0.15) is 5.75 Å². The number of methoxy groups -OCH3 is 1. The second-order valence-corrected chi connectivity index (χ2v) is 4.56. The molecule has 1 saturated heterocycles. The van der Waals surface area contributed by atoms with Crippen molar-refractivity contribution in [1.29, 1.82) is 0 Å². The first-order chi connectivity index (χ1) is 9.01. The third-order valence-electron chi connectivity index (χ3n) is 3.21. The molecular weight excluding hydrogens is 246 g/mol. The highest BCUT2D eigenvalue weighted by Gasteiger charge is 2.30.